The summed E-state index contributed by atoms with van der Waals surface area (Å²) in [6, 6.07) is 54.6. The van der Waals surface area contributed by atoms with Crippen LogP contribution in [0.25, 0.3) is 83.0 Å². The van der Waals surface area contributed by atoms with Crippen molar-refractivity contribution in [2.75, 3.05) is 0 Å². The molecule has 3 heteroatoms. The minimum absolute atomic E-state index is 0.0854. The molecule has 0 amide bonds. The predicted molar refractivity (Wildman–Crippen MR) is 208 cm³/mol. The Morgan fingerprint density at radius 2 is 1.06 bits per heavy atom. The Kier molecular flexibility index (Phi) is 6.22. The highest BCUT2D eigenvalue weighted by Crippen LogP contribution is 2.50. The van der Waals surface area contributed by atoms with Gasteiger partial charge < -0.3 is 4.57 Å². The molecule has 2 heterocycles. The molecule has 50 heavy (non-hydrogen) atoms. The molecule has 0 saturated carbocycles. The standard InChI is InChI=1S/C47H33N3/c1-47(2)41-19-8-6-14-36(41)39-27-26-34(38-17-11-20-42(47)44(38)39)32-28-48-46(49-29-32)31-24-22-30(23-25-31)35-16-10-18-40-37-15-7-9-21-43(37)50(45(35)40)33-12-4-3-5-13-33/h3-29H,1-2H3. The monoisotopic (exact) mass is 639 g/mol. The van der Waals surface area contributed by atoms with Gasteiger partial charge in [0.15, 0.2) is 5.82 Å². The van der Waals surface area contributed by atoms with Gasteiger partial charge >= 0.3 is 0 Å². The first-order valence-electron chi connectivity index (χ1n) is 17.2. The van der Waals surface area contributed by atoms with Crippen molar-refractivity contribution in [1.29, 1.82) is 0 Å². The van der Waals surface area contributed by atoms with Crippen molar-refractivity contribution >= 4 is 32.6 Å². The summed E-state index contributed by atoms with van der Waals surface area (Å²) in [5, 5.41) is 5.07. The van der Waals surface area contributed by atoms with Crippen molar-refractivity contribution in [3.8, 4) is 50.5 Å². The van der Waals surface area contributed by atoms with Gasteiger partial charge in [0, 0.05) is 51.0 Å². The van der Waals surface area contributed by atoms with E-state index in [-0.39, 0.29) is 5.41 Å². The summed E-state index contributed by atoms with van der Waals surface area (Å²) < 4.78 is 2.39. The molecule has 0 fully saturated rings. The number of rotatable bonds is 4. The Morgan fingerprint density at radius 1 is 0.440 bits per heavy atom. The molecule has 0 atom stereocenters. The molecular weight excluding hydrogens is 607 g/mol. The summed E-state index contributed by atoms with van der Waals surface area (Å²) in [5.41, 5.74) is 14.4. The summed E-state index contributed by atoms with van der Waals surface area (Å²) in [5.74, 6) is 0.717. The molecule has 0 aliphatic heterocycles. The Hall–Kier alpha value is -6.32. The van der Waals surface area contributed by atoms with E-state index < -0.39 is 0 Å². The zero-order valence-corrected chi connectivity index (χ0v) is 27.9. The van der Waals surface area contributed by atoms with Gasteiger partial charge in [-0.1, -0.05) is 147 Å². The van der Waals surface area contributed by atoms with Gasteiger partial charge in [-0.15, -0.1) is 0 Å². The second-order valence-corrected chi connectivity index (χ2v) is 13.8. The van der Waals surface area contributed by atoms with Crippen LogP contribution in [0.2, 0.25) is 0 Å². The lowest BCUT2D eigenvalue weighted by Crippen LogP contribution is -2.23. The molecule has 236 valence electrons. The molecule has 0 bridgehead atoms. The van der Waals surface area contributed by atoms with E-state index in [9.17, 15) is 0 Å². The predicted octanol–water partition coefficient (Wildman–Crippen LogP) is 12.0. The smallest absolute Gasteiger partial charge is 0.159 e. The normalized spacial score (nSPS) is 13.2. The van der Waals surface area contributed by atoms with Gasteiger partial charge in [0.2, 0.25) is 0 Å². The van der Waals surface area contributed by atoms with Crippen LogP contribution in [0.3, 0.4) is 0 Å². The van der Waals surface area contributed by atoms with Gasteiger partial charge in [-0.2, -0.15) is 0 Å². The quantitative estimate of drug-likeness (QED) is 0.192. The molecule has 3 nitrogen and oxygen atoms in total. The largest absolute Gasteiger partial charge is 0.309 e. The van der Waals surface area contributed by atoms with Crippen molar-refractivity contribution < 1.29 is 0 Å². The topological polar surface area (TPSA) is 30.7 Å². The first kappa shape index (κ1) is 28.7. The molecule has 0 spiro atoms. The Balaban J connectivity index is 1.03. The zero-order valence-electron chi connectivity index (χ0n) is 27.9. The van der Waals surface area contributed by atoms with Gasteiger partial charge in [-0.25, -0.2) is 9.97 Å². The summed E-state index contributed by atoms with van der Waals surface area (Å²) in [6.07, 6.45) is 3.95. The first-order valence-corrected chi connectivity index (χ1v) is 17.2. The highest BCUT2D eigenvalue weighted by Gasteiger charge is 2.33. The maximum atomic E-state index is 4.90. The van der Waals surface area contributed by atoms with Crippen LogP contribution in [0.5, 0.6) is 0 Å². The number of aromatic nitrogens is 3. The van der Waals surface area contributed by atoms with E-state index in [1.807, 2.05) is 12.4 Å². The van der Waals surface area contributed by atoms with Crippen LogP contribution in [0.15, 0.2) is 164 Å². The van der Waals surface area contributed by atoms with E-state index >= 15 is 0 Å². The summed E-state index contributed by atoms with van der Waals surface area (Å²) in [4.78, 5) is 9.79. The number of hydrogen-bond donors (Lipinski definition) is 0. The van der Waals surface area contributed by atoms with Crippen LogP contribution in [-0.2, 0) is 5.41 Å². The first-order chi connectivity index (χ1) is 24.6. The molecule has 7 aromatic carbocycles. The van der Waals surface area contributed by atoms with E-state index in [2.05, 4.69) is 170 Å². The molecule has 0 N–H and O–H groups in total. The lowest BCUT2D eigenvalue weighted by atomic mass is 9.68. The van der Waals surface area contributed by atoms with Gasteiger partial charge in [-0.05, 0) is 62.4 Å². The Morgan fingerprint density at radius 3 is 1.90 bits per heavy atom. The van der Waals surface area contributed by atoms with Crippen LogP contribution in [0, 0.1) is 0 Å². The lowest BCUT2D eigenvalue weighted by Gasteiger charge is -2.35. The van der Waals surface area contributed by atoms with Crippen molar-refractivity contribution in [2.45, 2.75) is 19.3 Å². The molecule has 10 rings (SSSR count). The van der Waals surface area contributed by atoms with E-state index in [0.717, 1.165) is 33.8 Å². The minimum Gasteiger partial charge on any atom is -0.309 e. The lowest BCUT2D eigenvalue weighted by molar-refractivity contribution is 0.645. The van der Waals surface area contributed by atoms with E-state index in [1.165, 1.54) is 60.4 Å². The fourth-order valence-corrected chi connectivity index (χ4v) is 8.32. The van der Waals surface area contributed by atoms with Crippen molar-refractivity contribution in [2.24, 2.45) is 0 Å². The third kappa shape index (κ3) is 4.17. The van der Waals surface area contributed by atoms with Gasteiger partial charge in [0.1, 0.15) is 0 Å². The van der Waals surface area contributed by atoms with Crippen molar-refractivity contribution in [3.05, 3.63) is 175 Å². The number of fused-ring (bicyclic) bond motifs is 5. The van der Waals surface area contributed by atoms with Gasteiger partial charge in [-0.3, -0.25) is 0 Å². The van der Waals surface area contributed by atoms with Crippen LogP contribution in [-0.4, -0.2) is 14.5 Å². The third-order valence-electron chi connectivity index (χ3n) is 10.7. The molecule has 0 unspecified atom stereocenters. The van der Waals surface area contributed by atoms with Crippen LogP contribution >= 0.6 is 0 Å². The molecule has 0 saturated heterocycles. The van der Waals surface area contributed by atoms with Gasteiger partial charge in [0.25, 0.3) is 0 Å². The van der Waals surface area contributed by atoms with E-state index in [4.69, 9.17) is 9.97 Å². The second-order valence-electron chi connectivity index (χ2n) is 13.8. The number of para-hydroxylation sites is 3. The summed E-state index contributed by atoms with van der Waals surface area (Å²) in [6.45, 7) is 4.67. The third-order valence-corrected chi connectivity index (χ3v) is 10.7. The van der Waals surface area contributed by atoms with Crippen molar-refractivity contribution in [3.63, 3.8) is 0 Å². The minimum atomic E-state index is -0.0854. The van der Waals surface area contributed by atoms with Gasteiger partial charge in [0.05, 0.1) is 11.0 Å². The van der Waals surface area contributed by atoms with Crippen molar-refractivity contribution in [1.82, 2.24) is 14.5 Å². The Bertz CT molecular complexity index is 2750. The highest BCUT2D eigenvalue weighted by molar-refractivity contribution is 6.14. The molecule has 1 aliphatic carbocycles. The van der Waals surface area contributed by atoms with Crippen LogP contribution in [0.4, 0.5) is 0 Å². The number of benzene rings is 7. The fraction of sp³-hybridized carbons (Fsp3) is 0.0638. The fourth-order valence-electron chi connectivity index (χ4n) is 8.32. The van der Waals surface area contributed by atoms with Crippen LogP contribution < -0.4 is 0 Å². The summed E-state index contributed by atoms with van der Waals surface area (Å²) >= 11 is 0. The highest BCUT2D eigenvalue weighted by atomic mass is 15.0. The molecule has 1 aliphatic rings. The maximum Gasteiger partial charge on any atom is 0.159 e. The van der Waals surface area contributed by atoms with Crippen LogP contribution in [0.1, 0.15) is 25.0 Å². The molecular formula is C47H33N3. The maximum absolute atomic E-state index is 4.90. The molecule has 9 aromatic rings. The average molecular weight is 640 g/mol. The number of nitrogens with zero attached hydrogens (tertiary/aromatic N) is 3. The Labute approximate surface area is 291 Å². The van der Waals surface area contributed by atoms with E-state index in [1.54, 1.807) is 0 Å². The molecule has 2 aromatic heterocycles. The zero-order chi connectivity index (χ0) is 33.4. The number of hydrogen-bond acceptors (Lipinski definition) is 2. The SMILES string of the molecule is CC1(C)c2ccccc2-c2ccc(-c3cnc(-c4ccc(-c5cccc6c7ccccc7n(-c7ccccc7)c56)cc4)nc3)c3cccc1c23. The summed E-state index contributed by atoms with van der Waals surface area (Å²) in [7, 11) is 0. The average Bonchev–Trinajstić information content (AvgIpc) is 3.52. The van der Waals surface area contributed by atoms with E-state index in [0.29, 0.717) is 0 Å². The molecule has 0 radical (unpaired) electrons. The second kappa shape index (κ2) is 10.8.